The molecular weight excluding hydrogens is 356 g/mol. The molecule has 0 saturated heterocycles. The minimum Gasteiger partial charge on any atom is -0.494 e. The van der Waals surface area contributed by atoms with Gasteiger partial charge in [-0.3, -0.25) is 9.59 Å². The Morgan fingerprint density at radius 2 is 1.89 bits per heavy atom. The number of unbranched alkanes of at least 4 members (excludes halogenated alkanes) is 3. The van der Waals surface area contributed by atoms with Gasteiger partial charge in [0.05, 0.1) is 25.2 Å². The van der Waals surface area contributed by atoms with Gasteiger partial charge in [-0.15, -0.1) is 0 Å². The molecule has 1 N–H and O–H groups in total. The molecule has 5 heteroatoms. The van der Waals surface area contributed by atoms with Crippen LogP contribution in [0.2, 0.25) is 0 Å². The number of benzene rings is 2. The molecule has 0 saturated carbocycles. The Bertz CT molecular complexity index is 839. The zero-order valence-electron chi connectivity index (χ0n) is 16.2. The molecule has 0 radical (unpaired) electrons. The molecule has 28 heavy (non-hydrogen) atoms. The van der Waals surface area contributed by atoms with Gasteiger partial charge >= 0.3 is 5.97 Å². The van der Waals surface area contributed by atoms with Crippen LogP contribution in [0.1, 0.15) is 59.7 Å². The Balaban J connectivity index is 1.73. The smallest absolute Gasteiger partial charge is 0.307 e. The van der Waals surface area contributed by atoms with Crippen LogP contribution in [0.4, 0.5) is 0 Å². The van der Waals surface area contributed by atoms with E-state index in [0.717, 1.165) is 24.2 Å². The van der Waals surface area contributed by atoms with Gasteiger partial charge in [0.15, 0.2) is 5.78 Å². The number of aliphatic carboxylic acids is 1. The van der Waals surface area contributed by atoms with E-state index < -0.39 is 5.97 Å². The van der Waals surface area contributed by atoms with Gasteiger partial charge < -0.3 is 14.6 Å². The molecule has 0 unspecified atom stereocenters. The standard InChI is InChI=1S/C23H26O5/c1-2-3-4-5-11-27-19-8-6-17(7-9-19)22(26)20-14-16(15-21(24)25)13-18-10-12-28-23(18)20/h6-9,13-14H,2-5,10-12,15H2,1H3,(H,24,25). The van der Waals surface area contributed by atoms with Crippen LogP contribution < -0.4 is 9.47 Å². The lowest BCUT2D eigenvalue weighted by Crippen LogP contribution is -2.07. The number of carbonyl (C=O) groups excluding carboxylic acids is 1. The van der Waals surface area contributed by atoms with E-state index in [2.05, 4.69) is 6.92 Å². The normalized spacial score (nSPS) is 12.3. The monoisotopic (exact) mass is 382 g/mol. The summed E-state index contributed by atoms with van der Waals surface area (Å²) in [6.45, 7) is 3.36. The number of ketones is 1. The molecule has 0 amide bonds. The summed E-state index contributed by atoms with van der Waals surface area (Å²) in [4.78, 5) is 24.1. The van der Waals surface area contributed by atoms with Crippen molar-refractivity contribution in [3.05, 3.63) is 58.7 Å². The van der Waals surface area contributed by atoms with Crippen LogP contribution in [0.15, 0.2) is 36.4 Å². The van der Waals surface area contributed by atoms with Crippen molar-refractivity contribution in [3.8, 4) is 11.5 Å². The first-order valence-electron chi connectivity index (χ1n) is 9.86. The van der Waals surface area contributed by atoms with Gasteiger partial charge in [-0.2, -0.15) is 0 Å². The van der Waals surface area contributed by atoms with Crippen LogP contribution in [-0.4, -0.2) is 30.1 Å². The maximum Gasteiger partial charge on any atom is 0.307 e. The highest BCUT2D eigenvalue weighted by molar-refractivity contribution is 6.11. The quantitative estimate of drug-likeness (QED) is 0.486. The fraction of sp³-hybridized carbons (Fsp3) is 0.391. The van der Waals surface area contributed by atoms with Crippen LogP contribution in [0.25, 0.3) is 0 Å². The molecular formula is C23H26O5. The van der Waals surface area contributed by atoms with Crippen molar-refractivity contribution < 1.29 is 24.2 Å². The highest BCUT2D eigenvalue weighted by Gasteiger charge is 2.23. The lowest BCUT2D eigenvalue weighted by molar-refractivity contribution is -0.136. The van der Waals surface area contributed by atoms with Crippen molar-refractivity contribution in [2.45, 2.75) is 45.4 Å². The number of fused-ring (bicyclic) bond motifs is 1. The van der Waals surface area contributed by atoms with Gasteiger partial charge in [0.1, 0.15) is 11.5 Å². The van der Waals surface area contributed by atoms with Gasteiger partial charge in [0, 0.05) is 12.0 Å². The van der Waals surface area contributed by atoms with Crippen LogP contribution in [0.5, 0.6) is 11.5 Å². The molecule has 2 aromatic carbocycles. The Labute approximate surface area is 165 Å². The molecule has 0 aliphatic carbocycles. The first kappa shape index (κ1) is 19.9. The highest BCUT2D eigenvalue weighted by Crippen LogP contribution is 2.33. The van der Waals surface area contributed by atoms with Crippen molar-refractivity contribution in [1.82, 2.24) is 0 Å². The Morgan fingerprint density at radius 1 is 1.11 bits per heavy atom. The summed E-state index contributed by atoms with van der Waals surface area (Å²) < 4.78 is 11.4. The van der Waals surface area contributed by atoms with E-state index in [1.54, 1.807) is 30.3 Å². The molecule has 0 bridgehead atoms. The second kappa shape index (κ2) is 9.40. The van der Waals surface area contributed by atoms with Crippen molar-refractivity contribution in [3.63, 3.8) is 0 Å². The zero-order chi connectivity index (χ0) is 19.9. The molecule has 1 heterocycles. The van der Waals surface area contributed by atoms with E-state index in [-0.39, 0.29) is 12.2 Å². The number of rotatable bonds is 10. The SMILES string of the molecule is CCCCCCOc1ccc(C(=O)c2cc(CC(=O)O)cc3c2OCC3)cc1. The summed E-state index contributed by atoms with van der Waals surface area (Å²) >= 11 is 0. The van der Waals surface area contributed by atoms with E-state index in [1.807, 2.05) is 6.07 Å². The first-order valence-corrected chi connectivity index (χ1v) is 9.86. The average molecular weight is 382 g/mol. The van der Waals surface area contributed by atoms with Gasteiger partial charge in [0.2, 0.25) is 0 Å². The fourth-order valence-electron chi connectivity index (χ4n) is 3.40. The zero-order valence-corrected chi connectivity index (χ0v) is 16.2. The molecule has 0 fully saturated rings. The summed E-state index contributed by atoms with van der Waals surface area (Å²) in [6, 6.07) is 10.6. The Kier molecular flexibility index (Phi) is 6.69. The van der Waals surface area contributed by atoms with E-state index in [4.69, 9.17) is 14.6 Å². The highest BCUT2D eigenvalue weighted by atomic mass is 16.5. The predicted molar refractivity (Wildman–Crippen MR) is 106 cm³/mol. The largest absolute Gasteiger partial charge is 0.494 e. The third-order valence-electron chi connectivity index (χ3n) is 4.83. The van der Waals surface area contributed by atoms with Crippen molar-refractivity contribution in [1.29, 1.82) is 0 Å². The van der Waals surface area contributed by atoms with Gasteiger partial charge in [-0.1, -0.05) is 32.3 Å². The molecule has 5 nitrogen and oxygen atoms in total. The number of hydrogen-bond acceptors (Lipinski definition) is 4. The third-order valence-corrected chi connectivity index (χ3v) is 4.83. The minimum atomic E-state index is -0.919. The van der Waals surface area contributed by atoms with E-state index in [0.29, 0.717) is 42.1 Å². The number of carboxylic acid groups (broad SMARTS) is 1. The molecule has 2 aromatic rings. The Hall–Kier alpha value is -2.82. The van der Waals surface area contributed by atoms with Crippen molar-refractivity contribution in [2.24, 2.45) is 0 Å². The van der Waals surface area contributed by atoms with Crippen molar-refractivity contribution in [2.75, 3.05) is 13.2 Å². The predicted octanol–water partition coefficient (Wildman–Crippen LogP) is 4.44. The minimum absolute atomic E-state index is 0.113. The average Bonchev–Trinajstić information content (AvgIpc) is 3.15. The van der Waals surface area contributed by atoms with E-state index in [9.17, 15) is 9.59 Å². The lowest BCUT2D eigenvalue weighted by atomic mass is 9.96. The van der Waals surface area contributed by atoms with Gasteiger partial charge in [0.25, 0.3) is 0 Å². The maximum atomic E-state index is 13.0. The van der Waals surface area contributed by atoms with Crippen LogP contribution >= 0.6 is 0 Å². The molecule has 0 atom stereocenters. The molecule has 3 rings (SSSR count). The first-order chi connectivity index (χ1) is 13.6. The van der Waals surface area contributed by atoms with E-state index in [1.165, 1.54) is 12.8 Å². The van der Waals surface area contributed by atoms with Crippen molar-refractivity contribution >= 4 is 11.8 Å². The number of carboxylic acids is 1. The summed E-state index contributed by atoms with van der Waals surface area (Å²) in [5.74, 6) is 0.238. The Morgan fingerprint density at radius 3 is 2.61 bits per heavy atom. The molecule has 1 aliphatic rings. The summed E-state index contributed by atoms with van der Waals surface area (Å²) in [5, 5.41) is 9.08. The lowest BCUT2D eigenvalue weighted by Gasteiger charge is -2.11. The topological polar surface area (TPSA) is 72.8 Å². The molecule has 0 aromatic heterocycles. The fourth-order valence-corrected chi connectivity index (χ4v) is 3.40. The maximum absolute atomic E-state index is 13.0. The molecule has 1 aliphatic heterocycles. The molecule has 0 spiro atoms. The van der Waals surface area contributed by atoms with Gasteiger partial charge in [-0.25, -0.2) is 0 Å². The van der Waals surface area contributed by atoms with Crippen LogP contribution in [0.3, 0.4) is 0 Å². The summed E-state index contributed by atoms with van der Waals surface area (Å²) in [7, 11) is 0. The number of hydrogen-bond donors (Lipinski definition) is 1. The second-order valence-electron chi connectivity index (χ2n) is 7.06. The summed E-state index contributed by atoms with van der Waals surface area (Å²) in [5.41, 5.74) is 2.48. The van der Waals surface area contributed by atoms with Crippen LogP contribution in [0, 0.1) is 0 Å². The summed E-state index contributed by atoms with van der Waals surface area (Å²) in [6.07, 6.45) is 5.16. The number of carbonyl (C=O) groups is 2. The third kappa shape index (κ3) is 4.91. The van der Waals surface area contributed by atoms with E-state index >= 15 is 0 Å². The van der Waals surface area contributed by atoms with Crippen LogP contribution in [-0.2, 0) is 17.6 Å². The van der Waals surface area contributed by atoms with Gasteiger partial charge in [-0.05, 0) is 47.9 Å². The second-order valence-corrected chi connectivity index (χ2v) is 7.06. The molecule has 148 valence electrons. The number of ether oxygens (including phenoxy) is 2.